The summed E-state index contributed by atoms with van der Waals surface area (Å²) in [5.74, 6) is -0.0893. The molecule has 26 heavy (non-hydrogen) atoms. The fourth-order valence-electron chi connectivity index (χ4n) is 2.34. The minimum atomic E-state index is -2.93. The number of carbonyl (C=O) groups excluding carboxylic acids is 1. The number of nitrogens with zero attached hydrogens (tertiary/aromatic N) is 1. The van der Waals surface area contributed by atoms with E-state index < -0.39 is 12.2 Å². The zero-order valence-corrected chi connectivity index (χ0v) is 15.7. The van der Waals surface area contributed by atoms with E-state index in [-0.39, 0.29) is 29.9 Å². The van der Waals surface area contributed by atoms with Crippen LogP contribution in [0.1, 0.15) is 26.3 Å². The highest BCUT2D eigenvalue weighted by Gasteiger charge is 2.30. The first-order valence-corrected chi connectivity index (χ1v) is 8.26. The van der Waals surface area contributed by atoms with Crippen molar-refractivity contribution in [1.82, 2.24) is 5.32 Å². The van der Waals surface area contributed by atoms with Gasteiger partial charge in [0, 0.05) is 5.56 Å². The van der Waals surface area contributed by atoms with Crippen LogP contribution in [0.15, 0.2) is 18.2 Å². The Morgan fingerprint density at radius 1 is 1.38 bits per heavy atom. The lowest BCUT2D eigenvalue weighted by atomic mass is 9.90. The summed E-state index contributed by atoms with van der Waals surface area (Å²) < 4.78 is 34.2. The predicted octanol–water partition coefficient (Wildman–Crippen LogP) is 1.37. The Morgan fingerprint density at radius 3 is 2.54 bits per heavy atom. The topological polar surface area (TPSA) is 75.8 Å². The molecule has 1 amide bonds. The molecule has 2 atom stereocenters. The second kappa shape index (κ2) is 9.34. The number of ether oxygens (including phenoxy) is 2. The highest BCUT2D eigenvalue weighted by atomic mass is 19.3. The average Bonchev–Trinajstić information content (AvgIpc) is 2.55. The molecule has 1 unspecified atom stereocenters. The number of carbonyl (C=O) groups is 1. The van der Waals surface area contributed by atoms with Gasteiger partial charge in [-0.25, -0.2) is 0 Å². The fraction of sp³-hybridized carbons (Fsp3) is 0.556. The van der Waals surface area contributed by atoms with Crippen molar-refractivity contribution < 1.29 is 27.9 Å². The summed E-state index contributed by atoms with van der Waals surface area (Å²) in [6.07, 6.45) is 0. The number of likely N-dealkylation sites (N-methyl/N-ethyl adjacent to an activating group) is 1. The molecule has 0 aliphatic carbocycles. The Kier molecular flexibility index (Phi) is 7.77. The SMILES string of the molecule is COc1cc(C[NH+](C)CC(=O)N[C@](C)(C#N)C(C)C)ccc1OC(F)F. The zero-order valence-electron chi connectivity index (χ0n) is 15.7. The second-order valence-corrected chi connectivity index (χ2v) is 6.69. The number of alkyl halides is 2. The van der Waals surface area contributed by atoms with E-state index in [0.29, 0.717) is 6.54 Å². The zero-order chi connectivity index (χ0) is 19.9. The van der Waals surface area contributed by atoms with Gasteiger partial charge in [-0.1, -0.05) is 13.8 Å². The number of benzene rings is 1. The van der Waals surface area contributed by atoms with Crippen LogP contribution in [0.2, 0.25) is 0 Å². The summed E-state index contributed by atoms with van der Waals surface area (Å²) in [5.41, 5.74) is -0.116. The first kappa shape index (κ1) is 21.6. The summed E-state index contributed by atoms with van der Waals surface area (Å²) in [5, 5.41) is 12.0. The van der Waals surface area contributed by atoms with E-state index in [1.165, 1.54) is 13.2 Å². The van der Waals surface area contributed by atoms with Gasteiger partial charge in [0.2, 0.25) is 0 Å². The predicted molar refractivity (Wildman–Crippen MR) is 92.1 cm³/mol. The molecule has 2 N–H and O–H groups in total. The largest absolute Gasteiger partial charge is 0.493 e. The molecule has 0 aliphatic heterocycles. The van der Waals surface area contributed by atoms with Gasteiger partial charge in [-0.2, -0.15) is 14.0 Å². The minimum absolute atomic E-state index is 0.0246. The number of nitriles is 1. The number of nitrogens with one attached hydrogen (secondary N) is 2. The smallest absolute Gasteiger partial charge is 0.387 e. The number of hydrogen-bond acceptors (Lipinski definition) is 4. The average molecular weight is 370 g/mol. The molecule has 0 spiro atoms. The molecule has 0 aromatic heterocycles. The van der Waals surface area contributed by atoms with Crippen molar-refractivity contribution in [2.24, 2.45) is 5.92 Å². The van der Waals surface area contributed by atoms with Gasteiger partial charge in [0.25, 0.3) is 5.91 Å². The van der Waals surface area contributed by atoms with Crippen LogP contribution in [0, 0.1) is 17.2 Å². The number of rotatable bonds is 9. The van der Waals surface area contributed by atoms with Gasteiger partial charge in [-0.3, -0.25) is 4.79 Å². The summed E-state index contributed by atoms with van der Waals surface area (Å²) in [7, 11) is 3.20. The number of amides is 1. The summed E-state index contributed by atoms with van der Waals surface area (Å²) in [4.78, 5) is 13.1. The molecule has 0 fully saturated rings. The van der Waals surface area contributed by atoms with Crippen molar-refractivity contribution in [3.8, 4) is 17.6 Å². The van der Waals surface area contributed by atoms with Gasteiger partial charge in [-0.05, 0) is 31.0 Å². The van der Waals surface area contributed by atoms with Crippen LogP contribution in [0.25, 0.3) is 0 Å². The lowest BCUT2D eigenvalue weighted by Gasteiger charge is -2.27. The van der Waals surface area contributed by atoms with E-state index in [9.17, 15) is 18.8 Å². The molecular formula is C18H26F2N3O3+. The minimum Gasteiger partial charge on any atom is -0.493 e. The maximum atomic E-state index is 12.4. The monoisotopic (exact) mass is 370 g/mol. The Morgan fingerprint density at radius 2 is 2.04 bits per heavy atom. The first-order valence-electron chi connectivity index (χ1n) is 8.26. The molecule has 1 aromatic rings. The standard InChI is InChI=1S/C18H25F2N3O3/c1-12(2)18(3,11-21)22-16(24)10-23(4)9-13-6-7-14(26-17(19)20)15(8-13)25-5/h6-8,12,17H,9-10H2,1-5H3,(H,22,24)/p+1/t18-/m1/s1. The van der Waals surface area contributed by atoms with E-state index in [1.54, 1.807) is 19.1 Å². The molecule has 0 aliphatic rings. The van der Waals surface area contributed by atoms with Crippen LogP contribution in [0.4, 0.5) is 8.78 Å². The van der Waals surface area contributed by atoms with E-state index in [0.717, 1.165) is 10.5 Å². The quantitative estimate of drug-likeness (QED) is 0.688. The molecule has 1 aromatic carbocycles. The third-order valence-corrected chi connectivity index (χ3v) is 4.20. The van der Waals surface area contributed by atoms with Crippen LogP contribution in [-0.4, -0.2) is 38.8 Å². The van der Waals surface area contributed by atoms with Crippen LogP contribution in [0.3, 0.4) is 0 Å². The van der Waals surface area contributed by atoms with E-state index in [1.807, 2.05) is 20.9 Å². The van der Waals surface area contributed by atoms with Crippen LogP contribution >= 0.6 is 0 Å². The first-order chi connectivity index (χ1) is 12.1. The molecule has 1 rings (SSSR count). The molecule has 6 nitrogen and oxygen atoms in total. The number of methoxy groups -OCH3 is 1. The number of halogens is 2. The molecule has 0 heterocycles. The van der Waals surface area contributed by atoms with Crippen molar-refractivity contribution in [3.63, 3.8) is 0 Å². The van der Waals surface area contributed by atoms with E-state index in [2.05, 4.69) is 16.1 Å². The summed E-state index contributed by atoms with van der Waals surface area (Å²) in [6.45, 7) is 3.15. The normalized spacial score (nSPS) is 14.5. The summed E-state index contributed by atoms with van der Waals surface area (Å²) in [6, 6.07) is 6.80. The molecule has 8 heteroatoms. The molecule has 0 bridgehead atoms. The highest BCUT2D eigenvalue weighted by Crippen LogP contribution is 2.29. The van der Waals surface area contributed by atoms with Crippen LogP contribution in [0.5, 0.6) is 11.5 Å². The van der Waals surface area contributed by atoms with Gasteiger partial charge in [-0.15, -0.1) is 0 Å². The van der Waals surface area contributed by atoms with Gasteiger partial charge in [0.15, 0.2) is 18.0 Å². The van der Waals surface area contributed by atoms with Crippen molar-refractivity contribution in [2.75, 3.05) is 20.7 Å². The fourth-order valence-corrected chi connectivity index (χ4v) is 2.34. The van der Waals surface area contributed by atoms with Crippen molar-refractivity contribution in [3.05, 3.63) is 23.8 Å². The lowest BCUT2D eigenvalue weighted by Crippen LogP contribution is -3.09. The van der Waals surface area contributed by atoms with Gasteiger partial charge in [0.1, 0.15) is 12.1 Å². The Labute approximate surface area is 152 Å². The number of quaternary nitrogens is 1. The second-order valence-electron chi connectivity index (χ2n) is 6.69. The van der Waals surface area contributed by atoms with Crippen molar-refractivity contribution in [1.29, 1.82) is 5.26 Å². The van der Waals surface area contributed by atoms with Crippen LogP contribution in [-0.2, 0) is 11.3 Å². The molecule has 144 valence electrons. The van der Waals surface area contributed by atoms with Gasteiger partial charge >= 0.3 is 6.61 Å². The third kappa shape index (κ3) is 6.15. The van der Waals surface area contributed by atoms with Gasteiger partial charge < -0.3 is 19.7 Å². The lowest BCUT2D eigenvalue weighted by molar-refractivity contribution is -0.885. The van der Waals surface area contributed by atoms with Crippen LogP contribution < -0.4 is 19.7 Å². The Bertz CT molecular complexity index is 662. The molecule has 0 radical (unpaired) electrons. The summed E-state index contributed by atoms with van der Waals surface area (Å²) >= 11 is 0. The van der Waals surface area contributed by atoms with E-state index in [4.69, 9.17) is 4.74 Å². The van der Waals surface area contributed by atoms with Gasteiger partial charge in [0.05, 0.1) is 20.2 Å². The molecule has 0 saturated carbocycles. The van der Waals surface area contributed by atoms with Crippen molar-refractivity contribution in [2.45, 2.75) is 39.5 Å². The molecular weight excluding hydrogens is 344 g/mol. The van der Waals surface area contributed by atoms with Crippen molar-refractivity contribution >= 4 is 5.91 Å². The Hall–Kier alpha value is -2.40. The highest BCUT2D eigenvalue weighted by molar-refractivity contribution is 5.78. The van der Waals surface area contributed by atoms with E-state index >= 15 is 0 Å². The third-order valence-electron chi connectivity index (χ3n) is 4.20. The maximum absolute atomic E-state index is 12.4. The molecule has 0 saturated heterocycles. The Balaban J connectivity index is 2.72. The number of hydrogen-bond donors (Lipinski definition) is 2. The maximum Gasteiger partial charge on any atom is 0.387 e.